The summed E-state index contributed by atoms with van der Waals surface area (Å²) in [5.41, 5.74) is 2.31. The minimum Gasteiger partial charge on any atom is -0.378 e. The number of hydrogen-bond acceptors (Lipinski definition) is 3. The Morgan fingerprint density at radius 2 is 1.78 bits per heavy atom. The zero-order chi connectivity index (χ0) is 16.0. The van der Waals surface area contributed by atoms with Crippen molar-refractivity contribution in [3.05, 3.63) is 29.8 Å². The summed E-state index contributed by atoms with van der Waals surface area (Å²) in [5.74, 6) is 1.84. The number of piperidine rings is 2. The summed E-state index contributed by atoms with van der Waals surface area (Å²) < 4.78 is 0. The SMILES string of the molecule is CN(C)c1ccc(CC(=O)N2CC3CC4CC2CN(C4)C3)cc1. The van der Waals surface area contributed by atoms with Crippen LogP contribution in [0.4, 0.5) is 5.69 Å². The Morgan fingerprint density at radius 1 is 1.04 bits per heavy atom. The molecular weight excluding hydrogens is 286 g/mol. The number of hydrogen-bond donors (Lipinski definition) is 0. The zero-order valence-electron chi connectivity index (χ0n) is 14.2. The van der Waals surface area contributed by atoms with Crippen molar-refractivity contribution in [3.8, 4) is 0 Å². The molecule has 1 amide bonds. The van der Waals surface area contributed by atoms with Gasteiger partial charge in [0.2, 0.25) is 5.91 Å². The molecule has 4 unspecified atom stereocenters. The van der Waals surface area contributed by atoms with E-state index in [1.807, 2.05) is 14.1 Å². The van der Waals surface area contributed by atoms with Crippen molar-refractivity contribution in [3.63, 3.8) is 0 Å². The fraction of sp³-hybridized carbons (Fsp3) is 0.632. The highest BCUT2D eigenvalue weighted by atomic mass is 16.2. The first-order valence-electron chi connectivity index (χ1n) is 8.86. The maximum absolute atomic E-state index is 12.9. The van der Waals surface area contributed by atoms with Gasteiger partial charge >= 0.3 is 0 Å². The van der Waals surface area contributed by atoms with Crippen LogP contribution in [-0.4, -0.2) is 62.0 Å². The fourth-order valence-corrected chi connectivity index (χ4v) is 4.78. The van der Waals surface area contributed by atoms with Gasteiger partial charge in [0.1, 0.15) is 0 Å². The molecule has 0 spiro atoms. The third-order valence-electron chi connectivity index (χ3n) is 5.80. The van der Waals surface area contributed by atoms with E-state index >= 15 is 0 Å². The van der Waals surface area contributed by atoms with Gasteiger partial charge in [-0.05, 0) is 42.4 Å². The number of benzene rings is 1. The lowest BCUT2D eigenvalue weighted by atomic mass is 9.84. The van der Waals surface area contributed by atoms with Gasteiger partial charge in [-0.25, -0.2) is 0 Å². The lowest BCUT2D eigenvalue weighted by Gasteiger charge is -2.41. The van der Waals surface area contributed by atoms with Gasteiger partial charge in [-0.3, -0.25) is 4.79 Å². The number of carbonyl (C=O) groups is 1. The van der Waals surface area contributed by atoms with Crippen molar-refractivity contribution in [2.45, 2.75) is 25.3 Å². The van der Waals surface area contributed by atoms with Crippen molar-refractivity contribution < 1.29 is 4.79 Å². The van der Waals surface area contributed by atoms with Gasteiger partial charge in [0.15, 0.2) is 0 Å². The molecule has 0 radical (unpaired) electrons. The number of anilines is 1. The van der Waals surface area contributed by atoms with E-state index in [4.69, 9.17) is 0 Å². The highest BCUT2D eigenvalue weighted by Gasteiger charge is 2.42. The van der Waals surface area contributed by atoms with Crippen LogP contribution in [0.5, 0.6) is 0 Å². The molecule has 124 valence electrons. The van der Waals surface area contributed by atoms with E-state index in [0.717, 1.165) is 24.6 Å². The summed E-state index contributed by atoms with van der Waals surface area (Å²) in [6.07, 6.45) is 3.09. The molecule has 23 heavy (non-hydrogen) atoms. The molecule has 4 saturated heterocycles. The minimum absolute atomic E-state index is 0.321. The molecule has 4 heteroatoms. The second kappa shape index (κ2) is 5.82. The largest absolute Gasteiger partial charge is 0.378 e. The lowest BCUT2D eigenvalue weighted by molar-refractivity contribution is -0.133. The molecule has 4 aliphatic heterocycles. The summed E-state index contributed by atoms with van der Waals surface area (Å²) in [5, 5.41) is 0. The quantitative estimate of drug-likeness (QED) is 0.852. The molecule has 4 bridgehead atoms. The van der Waals surface area contributed by atoms with E-state index in [0.29, 0.717) is 24.3 Å². The predicted molar refractivity (Wildman–Crippen MR) is 92.6 cm³/mol. The molecule has 1 aromatic rings. The summed E-state index contributed by atoms with van der Waals surface area (Å²) in [6, 6.07) is 8.85. The van der Waals surface area contributed by atoms with Crippen molar-refractivity contribution in [1.82, 2.24) is 9.80 Å². The molecule has 5 rings (SSSR count). The van der Waals surface area contributed by atoms with E-state index in [1.165, 1.54) is 31.6 Å². The van der Waals surface area contributed by atoms with Gasteiger partial charge in [0, 0.05) is 52.0 Å². The topological polar surface area (TPSA) is 26.8 Å². The van der Waals surface area contributed by atoms with E-state index in [1.54, 1.807) is 0 Å². The van der Waals surface area contributed by atoms with Crippen molar-refractivity contribution in [2.24, 2.45) is 11.8 Å². The number of nitrogens with zero attached hydrogens (tertiary/aromatic N) is 3. The number of carbonyl (C=O) groups excluding carboxylic acids is 1. The average molecular weight is 313 g/mol. The number of fused-ring (bicyclic) bond motifs is 1. The molecule has 1 aromatic carbocycles. The summed E-state index contributed by atoms with van der Waals surface area (Å²) in [4.78, 5) is 19.8. The normalized spacial score (nSPS) is 32.0. The molecule has 0 aliphatic carbocycles. The third-order valence-corrected chi connectivity index (χ3v) is 5.80. The van der Waals surface area contributed by atoms with Crippen LogP contribution >= 0.6 is 0 Å². The van der Waals surface area contributed by atoms with Gasteiger partial charge in [0.05, 0.1) is 6.42 Å². The van der Waals surface area contributed by atoms with Gasteiger partial charge in [-0.2, -0.15) is 0 Å². The van der Waals surface area contributed by atoms with Gasteiger partial charge < -0.3 is 14.7 Å². The maximum Gasteiger partial charge on any atom is 0.227 e. The zero-order valence-corrected chi connectivity index (χ0v) is 14.2. The minimum atomic E-state index is 0.321. The van der Waals surface area contributed by atoms with Crippen LogP contribution in [0.25, 0.3) is 0 Å². The summed E-state index contributed by atoms with van der Waals surface area (Å²) >= 11 is 0. The van der Waals surface area contributed by atoms with Crippen molar-refractivity contribution in [2.75, 3.05) is 45.2 Å². The standard InChI is InChI=1S/C19H27N3O/c1-20(2)17-5-3-14(4-6-17)9-19(23)22-12-16-7-15-8-18(22)13-21(10-15)11-16/h3-6,15-16,18H,7-13H2,1-2H3. The maximum atomic E-state index is 12.9. The monoisotopic (exact) mass is 313 g/mol. The molecule has 4 aliphatic rings. The Bertz CT molecular complexity index is 569. The van der Waals surface area contributed by atoms with Gasteiger partial charge in [0.25, 0.3) is 0 Å². The molecule has 0 aromatic heterocycles. The molecule has 4 fully saturated rings. The van der Waals surface area contributed by atoms with Gasteiger partial charge in [-0.15, -0.1) is 0 Å². The molecule has 4 atom stereocenters. The van der Waals surface area contributed by atoms with Crippen LogP contribution in [0.15, 0.2) is 24.3 Å². The Labute approximate surface area is 139 Å². The first-order chi connectivity index (χ1) is 11.1. The van der Waals surface area contributed by atoms with Crippen LogP contribution in [0.2, 0.25) is 0 Å². The molecule has 0 N–H and O–H groups in total. The lowest BCUT2D eigenvalue weighted by Crippen LogP contribution is -2.50. The van der Waals surface area contributed by atoms with E-state index in [2.05, 4.69) is 39.0 Å². The van der Waals surface area contributed by atoms with Crippen LogP contribution in [0.3, 0.4) is 0 Å². The van der Waals surface area contributed by atoms with Crippen LogP contribution in [0, 0.1) is 11.8 Å². The Morgan fingerprint density at radius 3 is 2.48 bits per heavy atom. The molecule has 4 nitrogen and oxygen atoms in total. The fourth-order valence-electron chi connectivity index (χ4n) is 4.78. The first kappa shape index (κ1) is 15.0. The summed E-state index contributed by atoms with van der Waals surface area (Å²) in [7, 11) is 4.08. The number of rotatable bonds is 3. The second-order valence-electron chi connectivity index (χ2n) is 7.86. The molecular formula is C19H27N3O. The van der Waals surface area contributed by atoms with Crippen LogP contribution in [-0.2, 0) is 11.2 Å². The van der Waals surface area contributed by atoms with E-state index in [-0.39, 0.29) is 0 Å². The average Bonchev–Trinajstić information content (AvgIpc) is 2.71. The second-order valence-corrected chi connectivity index (χ2v) is 7.86. The molecule has 4 heterocycles. The van der Waals surface area contributed by atoms with Crippen molar-refractivity contribution in [1.29, 1.82) is 0 Å². The van der Waals surface area contributed by atoms with Crippen LogP contribution < -0.4 is 4.90 Å². The van der Waals surface area contributed by atoms with Gasteiger partial charge in [-0.1, -0.05) is 12.1 Å². The number of amides is 1. The highest BCUT2D eigenvalue weighted by Crippen LogP contribution is 2.36. The Balaban J connectivity index is 1.46. The predicted octanol–water partition coefficient (Wildman–Crippen LogP) is 1.85. The van der Waals surface area contributed by atoms with E-state index < -0.39 is 0 Å². The highest BCUT2D eigenvalue weighted by molar-refractivity contribution is 5.79. The van der Waals surface area contributed by atoms with Crippen LogP contribution in [0.1, 0.15) is 18.4 Å². The first-order valence-corrected chi connectivity index (χ1v) is 8.86. The van der Waals surface area contributed by atoms with Crippen molar-refractivity contribution >= 4 is 11.6 Å². The third kappa shape index (κ3) is 2.97. The Hall–Kier alpha value is -1.55. The molecule has 0 saturated carbocycles. The Kier molecular flexibility index (Phi) is 3.80. The van der Waals surface area contributed by atoms with E-state index in [9.17, 15) is 4.79 Å². The smallest absolute Gasteiger partial charge is 0.227 e. The summed E-state index contributed by atoms with van der Waals surface area (Å²) in [6.45, 7) is 4.54.